The molecule has 0 saturated heterocycles. The van der Waals surface area contributed by atoms with Crippen LogP contribution in [0.5, 0.6) is 0 Å². The molecule has 0 radical (unpaired) electrons. The zero-order chi connectivity index (χ0) is 12.1. The molecule has 0 aliphatic heterocycles. The SMILES string of the molecule is Cc1cccc(CN(CC(C)O)C(C)C)c1. The van der Waals surface area contributed by atoms with E-state index >= 15 is 0 Å². The first-order valence-electron chi connectivity index (χ1n) is 5.96. The van der Waals surface area contributed by atoms with Gasteiger partial charge in [0.05, 0.1) is 6.10 Å². The van der Waals surface area contributed by atoms with Crippen molar-refractivity contribution < 1.29 is 5.11 Å². The molecule has 0 saturated carbocycles. The summed E-state index contributed by atoms with van der Waals surface area (Å²) < 4.78 is 0. The summed E-state index contributed by atoms with van der Waals surface area (Å²) in [5.41, 5.74) is 2.60. The molecule has 1 aromatic rings. The molecule has 16 heavy (non-hydrogen) atoms. The Kier molecular flexibility index (Phi) is 4.97. The van der Waals surface area contributed by atoms with Crippen LogP contribution in [0.25, 0.3) is 0 Å². The first kappa shape index (κ1) is 13.2. The third-order valence-corrected chi connectivity index (χ3v) is 2.70. The lowest BCUT2D eigenvalue weighted by Crippen LogP contribution is -2.36. The summed E-state index contributed by atoms with van der Waals surface area (Å²) in [6, 6.07) is 9.00. The molecule has 1 rings (SSSR count). The van der Waals surface area contributed by atoms with E-state index in [9.17, 15) is 5.11 Å². The van der Waals surface area contributed by atoms with Gasteiger partial charge in [-0.1, -0.05) is 29.8 Å². The van der Waals surface area contributed by atoms with Gasteiger partial charge in [-0.2, -0.15) is 0 Å². The van der Waals surface area contributed by atoms with Crippen LogP contribution in [0.3, 0.4) is 0 Å². The van der Waals surface area contributed by atoms with Gasteiger partial charge in [0, 0.05) is 19.1 Å². The van der Waals surface area contributed by atoms with E-state index in [0.29, 0.717) is 6.04 Å². The van der Waals surface area contributed by atoms with Crippen LogP contribution >= 0.6 is 0 Å². The Hall–Kier alpha value is -0.860. The van der Waals surface area contributed by atoms with E-state index in [1.165, 1.54) is 11.1 Å². The Morgan fingerprint density at radius 3 is 2.44 bits per heavy atom. The van der Waals surface area contributed by atoms with Crippen molar-refractivity contribution in [2.45, 2.75) is 46.4 Å². The Balaban J connectivity index is 2.68. The first-order chi connectivity index (χ1) is 7.49. The molecule has 0 bridgehead atoms. The highest BCUT2D eigenvalue weighted by molar-refractivity contribution is 5.22. The van der Waals surface area contributed by atoms with Crippen LogP contribution in [0.1, 0.15) is 31.9 Å². The van der Waals surface area contributed by atoms with E-state index in [0.717, 1.165) is 13.1 Å². The topological polar surface area (TPSA) is 23.5 Å². The van der Waals surface area contributed by atoms with E-state index in [4.69, 9.17) is 0 Å². The molecule has 0 spiro atoms. The lowest BCUT2D eigenvalue weighted by Gasteiger charge is -2.27. The maximum Gasteiger partial charge on any atom is 0.0639 e. The second-order valence-electron chi connectivity index (χ2n) is 4.86. The van der Waals surface area contributed by atoms with Crippen LogP contribution < -0.4 is 0 Å². The van der Waals surface area contributed by atoms with Gasteiger partial charge in [0.25, 0.3) is 0 Å². The first-order valence-corrected chi connectivity index (χ1v) is 5.96. The Morgan fingerprint density at radius 2 is 1.94 bits per heavy atom. The summed E-state index contributed by atoms with van der Waals surface area (Å²) in [7, 11) is 0. The predicted octanol–water partition coefficient (Wildman–Crippen LogP) is 2.59. The fourth-order valence-corrected chi connectivity index (χ4v) is 1.84. The molecule has 0 fully saturated rings. The van der Waals surface area contributed by atoms with Gasteiger partial charge < -0.3 is 5.11 Å². The van der Waals surface area contributed by atoms with Crippen LogP contribution in [0.4, 0.5) is 0 Å². The largest absolute Gasteiger partial charge is 0.392 e. The molecule has 1 aromatic carbocycles. The number of hydrogen-bond acceptors (Lipinski definition) is 2. The van der Waals surface area contributed by atoms with Crippen molar-refractivity contribution in [1.29, 1.82) is 0 Å². The molecule has 1 unspecified atom stereocenters. The molecule has 0 heterocycles. The zero-order valence-electron chi connectivity index (χ0n) is 10.8. The van der Waals surface area contributed by atoms with Crippen LogP contribution in [-0.2, 0) is 6.54 Å². The second-order valence-corrected chi connectivity index (χ2v) is 4.86. The van der Waals surface area contributed by atoms with Crippen molar-refractivity contribution in [1.82, 2.24) is 4.90 Å². The number of hydrogen-bond donors (Lipinski definition) is 1. The van der Waals surface area contributed by atoms with Crippen LogP contribution in [-0.4, -0.2) is 28.7 Å². The molecule has 2 nitrogen and oxygen atoms in total. The smallest absolute Gasteiger partial charge is 0.0639 e. The summed E-state index contributed by atoms with van der Waals surface area (Å²) in [5, 5.41) is 9.46. The van der Waals surface area contributed by atoms with Gasteiger partial charge in [0.1, 0.15) is 0 Å². The summed E-state index contributed by atoms with van der Waals surface area (Å²) >= 11 is 0. The quantitative estimate of drug-likeness (QED) is 0.826. The van der Waals surface area contributed by atoms with Crippen LogP contribution in [0.15, 0.2) is 24.3 Å². The monoisotopic (exact) mass is 221 g/mol. The van der Waals surface area contributed by atoms with E-state index in [2.05, 4.69) is 49.9 Å². The molecular formula is C14H23NO. The molecular weight excluding hydrogens is 198 g/mol. The van der Waals surface area contributed by atoms with E-state index in [1.807, 2.05) is 6.92 Å². The number of aliphatic hydroxyl groups excluding tert-OH is 1. The van der Waals surface area contributed by atoms with Gasteiger partial charge in [0.15, 0.2) is 0 Å². The Morgan fingerprint density at radius 1 is 1.25 bits per heavy atom. The third kappa shape index (κ3) is 4.33. The van der Waals surface area contributed by atoms with Crippen LogP contribution in [0.2, 0.25) is 0 Å². The lowest BCUT2D eigenvalue weighted by molar-refractivity contribution is 0.103. The zero-order valence-corrected chi connectivity index (χ0v) is 10.8. The fourth-order valence-electron chi connectivity index (χ4n) is 1.84. The van der Waals surface area contributed by atoms with Crippen molar-refractivity contribution in [3.05, 3.63) is 35.4 Å². The van der Waals surface area contributed by atoms with Crippen molar-refractivity contribution in [2.75, 3.05) is 6.54 Å². The van der Waals surface area contributed by atoms with Gasteiger partial charge in [-0.15, -0.1) is 0 Å². The molecule has 1 N–H and O–H groups in total. The number of rotatable bonds is 5. The standard InChI is InChI=1S/C14H23NO/c1-11(2)15(9-13(4)16)10-14-7-5-6-12(3)8-14/h5-8,11,13,16H,9-10H2,1-4H3. The van der Waals surface area contributed by atoms with E-state index in [-0.39, 0.29) is 6.10 Å². The minimum absolute atomic E-state index is 0.271. The lowest BCUT2D eigenvalue weighted by atomic mass is 10.1. The van der Waals surface area contributed by atoms with E-state index < -0.39 is 0 Å². The second kappa shape index (κ2) is 6.02. The van der Waals surface area contributed by atoms with Crippen molar-refractivity contribution in [3.8, 4) is 0 Å². The summed E-state index contributed by atoms with van der Waals surface area (Å²) in [6.07, 6.45) is -0.271. The van der Waals surface area contributed by atoms with Gasteiger partial charge in [-0.3, -0.25) is 4.90 Å². The minimum atomic E-state index is -0.271. The molecule has 0 amide bonds. The van der Waals surface area contributed by atoms with Crippen LogP contribution in [0, 0.1) is 6.92 Å². The van der Waals surface area contributed by atoms with Crippen molar-refractivity contribution >= 4 is 0 Å². The number of benzene rings is 1. The molecule has 0 aliphatic carbocycles. The molecule has 90 valence electrons. The number of aryl methyl sites for hydroxylation is 1. The fraction of sp³-hybridized carbons (Fsp3) is 0.571. The summed E-state index contributed by atoms with van der Waals surface area (Å²) in [6.45, 7) is 9.91. The summed E-state index contributed by atoms with van der Waals surface area (Å²) in [4.78, 5) is 2.29. The van der Waals surface area contributed by atoms with Gasteiger partial charge in [0.2, 0.25) is 0 Å². The maximum atomic E-state index is 9.46. The highest BCUT2D eigenvalue weighted by atomic mass is 16.3. The Labute approximate surface area is 98.9 Å². The average molecular weight is 221 g/mol. The highest BCUT2D eigenvalue weighted by Gasteiger charge is 2.12. The third-order valence-electron chi connectivity index (χ3n) is 2.70. The predicted molar refractivity (Wildman–Crippen MR) is 68.4 cm³/mol. The number of aliphatic hydroxyl groups is 1. The van der Waals surface area contributed by atoms with Gasteiger partial charge >= 0.3 is 0 Å². The maximum absolute atomic E-state index is 9.46. The average Bonchev–Trinajstić information content (AvgIpc) is 2.15. The summed E-state index contributed by atoms with van der Waals surface area (Å²) in [5.74, 6) is 0. The normalized spacial score (nSPS) is 13.4. The molecule has 1 atom stereocenters. The molecule has 2 heteroatoms. The minimum Gasteiger partial charge on any atom is -0.392 e. The molecule has 0 aliphatic rings. The van der Waals surface area contributed by atoms with Gasteiger partial charge in [-0.05, 0) is 33.3 Å². The molecule has 0 aromatic heterocycles. The van der Waals surface area contributed by atoms with E-state index in [1.54, 1.807) is 0 Å². The highest BCUT2D eigenvalue weighted by Crippen LogP contribution is 2.10. The van der Waals surface area contributed by atoms with Gasteiger partial charge in [-0.25, -0.2) is 0 Å². The number of nitrogens with zero attached hydrogens (tertiary/aromatic N) is 1. The van der Waals surface area contributed by atoms with Crippen molar-refractivity contribution in [3.63, 3.8) is 0 Å². The van der Waals surface area contributed by atoms with Crippen molar-refractivity contribution in [2.24, 2.45) is 0 Å². The Bertz CT molecular complexity index is 320.